The SMILES string of the molecule is O=C(Nc1nnc(-c2ccc3c(c2)OCO3)o1)C1CCCN(S(=O)(=O)c2ccc(Cl)s2)C1. The monoisotopic (exact) mass is 496 g/mol. The Morgan fingerprint density at radius 3 is 2.84 bits per heavy atom. The smallest absolute Gasteiger partial charge is 0.322 e. The van der Waals surface area contributed by atoms with E-state index in [0.29, 0.717) is 40.8 Å². The number of thiophene rings is 1. The number of amides is 1. The number of hydrogen-bond acceptors (Lipinski definition) is 9. The Morgan fingerprint density at radius 2 is 2.03 bits per heavy atom. The third kappa shape index (κ3) is 4.06. The molecule has 1 amide bonds. The van der Waals surface area contributed by atoms with Gasteiger partial charge in [0.2, 0.25) is 18.6 Å². The fourth-order valence-corrected chi connectivity index (χ4v) is 6.73. The Kier molecular flexibility index (Phi) is 5.53. The van der Waals surface area contributed by atoms with Crippen molar-refractivity contribution >= 4 is 44.9 Å². The van der Waals surface area contributed by atoms with Gasteiger partial charge in [0, 0.05) is 18.7 Å². The number of nitrogens with one attached hydrogen (secondary N) is 1. The highest BCUT2D eigenvalue weighted by atomic mass is 35.5. The van der Waals surface area contributed by atoms with Crippen LogP contribution in [0.25, 0.3) is 11.5 Å². The van der Waals surface area contributed by atoms with Crippen molar-refractivity contribution in [3.8, 4) is 23.0 Å². The van der Waals surface area contributed by atoms with Crippen LogP contribution in [-0.4, -0.2) is 48.7 Å². The zero-order chi connectivity index (χ0) is 22.3. The second kappa shape index (κ2) is 8.35. The van der Waals surface area contributed by atoms with Gasteiger partial charge < -0.3 is 13.9 Å². The van der Waals surface area contributed by atoms with E-state index in [1.165, 1.54) is 10.4 Å². The summed E-state index contributed by atoms with van der Waals surface area (Å²) in [6.45, 7) is 0.556. The molecule has 10 nitrogen and oxygen atoms in total. The highest BCUT2D eigenvalue weighted by molar-refractivity contribution is 7.91. The molecule has 1 atom stereocenters. The van der Waals surface area contributed by atoms with E-state index in [1.54, 1.807) is 24.3 Å². The van der Waals surface area contributed by atoms with Gasteiger partial charge in [0.1, 0.15) is 4.21 Å². The number of fused-ring (bicyclic) bond motifs is 1. The van der Waals surface area contributed by atoms with Gasteiger partial charge >= 0.3 is 6.01 Å². The first-order valence-corrected chi connectivity index (χ1v) is 12.3. The number of halogens is 1. The van der Waals surface area contributed by atoms with E-state index in [0.717, 1.165) is 11.3 Å². The molecule has 5 rings (SSSR count). The largest absolute Gasteiger partial charge is 0.454 e. The molecular formula is C19H17ClN4O6S2. The standard InChI is InChI=1S/C19H17ClN4O6S2/c20-15-5-6-16(31-15)32(26,27)24-7-1-2-12(9-24)17(25)21-19-23-22-18(30-19)11-3-4-13-14(8-11)29-10-28-13/h3-6,8,12H,1-2,7,9-10H2,(H,21,23,25). The molecule has 2 aromatic heterocycles. The van der Waals surface area contributed by atoms with Gasteiger partial charge in [-0.15, -0.1) is 16.4 Å². The summed E-state index contributed by atoms with van der Waals surface area (Å²) in [6.07, 6.45) is 1.11. The summed E-state index contributed by atoms with van der Waals surface area (Å²) in [6, 6.07) is 8.14. The molecule has 2 aliphatic heterocycles. The van der Waals surface area contributed by atoms with Gasteiger partial charge in [-0.25, -0.2) is 8.42 Å². The molecule has 1 fully saturated rings. The molecular weight excluding hydrogens is 480 g/mol. The number of sulfonamides is 1. The number of carbonyl (C=O) groups is 1. The fourth-order valence-electron chi connectivity index (χ4n) is 3.57. The average Bonchev–Trinajstić information content (AvgIpc) is 3.54. The van der Waals surface area contributed by atoms with Crippen molar-refractivity contribution in [2.45, 2.75) is 17.1 Å². The van der Waals surface area contributed by atoms with Gasteiger partial charge in [-0.3, -0.25) is 10.1 Å². The van der Waals surface area contributed by atoms with Crippen LogP contribution in [0.3, 0.4) is 0 Å². The normalized spacial score (nSPS) is 18.6. The van der Waals surface area contributed by atoms with Crippen LogP contribution in [-0.2, 0) is 14.8 Å². The number of aromatic nitrogens is 2. The molecule has 0 bridgehead atoms. The molecule has 168 valence electrons. The van der Waals surface area contributed by atoms with Crippen molar-refractivity contribution in [1.29, 1.82) is 0 Å². The molecule has 32 heavy (non-hydrogen) atoms. The number of anilines is 1. The van der Waals surface area contributed by atoms with Crippen molar-refractivity contribution < 1.29 is 27.1 Å². The number of hydrogen-bond donors (Lipinski definition) is 1. The van der Waals surface area contributed by atoms with Crippen molar-refractivity contribution in [3.63, 3.8) is 0 Å². The number of ether oxygens (including phenoxy) is 2. The highest BCUT2D eigenvalue weighted by Gasteiger charge is 2.34. The molecule has 1 aromatic carbocycles. The van der Waals surface area contributed by atoms with E-state index >= 15 is 0 Å². The summed E-state index contributed by atoms with van der Waals surface area (Å²) in [5.41, 5.74) is 0.617. The lowest BCUT2D eigenvalue weighted by Gasteiger charge is -2.30. The van der Waals surface area contributed by atoms with Crippen LogP contribution in [0.5, 0.6) is 11.5 Å². The third-order valence-corrected chi connectivity index (χ3v) is 8.74. The van der Waals surface area contributed by atoms with E-state index in [-0.39, 0.29) is 35.4 Å². The Labute approximate surface area is 192 Å². The highest BCUT2D eigenvalue weighted by Crippen LogP contribution is 2.36. The van der Waals surface area contributed by atoms with Crippen LogP contribution in [0.4, 0.5) is 6.01 Å². The molecule has 1 unspecified atom stereocenters. The van der Waals surface area contributed by atoms with E-state index in [1.807, 2.05) is 0 Å². The second-order valence-electron chi connectivity index (χ2n) is 7.23. The predicted molar refractivity (Wildman–Crippen MR) is 115 cm³/mol. The van der Waals surface area contributed by atoms with Crippen molar-refractivity contribution in [2.75, 3.05) is 25.2 Å². The molecule has 13 heteroatoms. The van der Waals surface area contributed by atoms with Crippen molar-refractivity contribution in [2.24, 2.45) is 5.92 Å². The summed E-state index contributed by atoms with van der Waals surface area (Å²) in [4.78, 5) is 12.8. The van der Waals surface area contributed by atoms with Crippen LogP contribution >= 0.6 is 22.9 Å². The van der Waals surface area contributed by atoms with Crippen LogP contribution < -0.4 is 14.8 Å². The first kappa shape index (κ1) is 21.2. The predicted octanol–water partition coefficient (Wildman–Crippen LogP) is 3.22. The molecule has 0 aliphatic carbocycles. The minimum atomic E-state index is -3.70. The molecule has 1 N–H and O–H groups in total. The Hall–Kier alpha value is -2.67. The molecule has 3 aromatic rings. The average molecular weight is 497 g/mol. The zero-order valence-corrected chi connectivity index (χ0v) is 18.9. The number of rotatable bonds is 5. The molecule has 0 saturated carbocycles. The van der Waals surface area contributed by atoms with E-state index in [4.69, 9.17) is 25.5 Å². The summed E-state index contributed by atoms with van der Waals surface area (Å²) >= 11 is 6.88. The summed E-state index contributed by atoms with van der Waals surface area (Å²) in [7, 11) is -3.70. The maximum atomic E-state index is 12.9. The van der Waals surface area contributed by atoms with Gasteiger partial charge in [-0.2, -0.15) is 4.31 Å². The molecule has 2 aliphatic rings. The number of carbonyl (C=O) groups excluding carboxylic acids is 1. The van der Waals surface area contributed by atoms with Gasteiger partial charge in [0.25, 0.3) is 10.0 Å². The van der Waals surface area contributed by atoms with Crippen molar-refractivity contribution in [3.05, 3.63) is 34.7 Å². The van der Waals surface area contributed by atoms with Crippen LogP contribution in [0, 0.1) is 5.92 Å². The Bertz CT molecular complexity index is 1270. The first-order valence-electron chi connectivity index (χ1n) is 9.70. The molecule has 0 spiro atoms. The maximum absolute atomic E-state index is 12.9. The Balaban J connectivity index is 1.26. The second-order valence-corrected chi connectivity index (χ2v) is 11.1. The molecule has 0 radical (unpaired) electrons. The van der Waals surface area contributed by atoms with E-state index in [2.05, 4.69) is 15.5 Å². The lowest BCUT2D eigenvalue weighted by Crippen LogP contribution is -2.43. The minimum absolute atomic E-state index is 0.0623. The van der Waals surface area contributed by atoms with Crippen molar-refractivity contribution in [1.82, 2.24) is 14.5 Å². The number of nitrogens with zero attached hydrogens (tertiary/aromatic N) is 3. The van der Waals surface area contributed by atoms with E-state index < -0.39 is 15.9 Å². The maximum Gasteiger partial charge on any atom is 0.322 e. The lowest BCUT2D eigenvalue weighted by atomic mass is 9.99. The lowest BCUT2D eigenvalue weighted by molar-refractivity contribution is -0.121. The quantitative estimate of drug-likeness (QED) is 0.571. The van der Waals surface area contributed by atoms with Gasteiger partial charge in [0.05, 0.1) is 10.3 Å². The van der Waals surface area contributed by atoms with Gasteiger partial charge in [0.15, 0.2) is 11.5 Å². The number of piperidine rings is 1. The van der Waals surface area contributed by atoms with Crippen LogP contribution in [0.2, 0.25) is 4.34 Å². The first-order chi connectivity index (χ1) is 15.4. The molecule has 4 heterocycles. The Morgan fingerprint density at radius 1 is 1.19 bits per heavy atom. The third-order valence-electron chi connectivity index (χ3n) is 5.17. The summed E-state index contributed by atoms with van der Waals surface area (Å²) in [5, 5.41) is 10.4. The van der Waals surface area contributed by atoms with E-state index in [9.17, 15) is 13.2 Å². The summed E-state index contributed by atoms with van der Waals surface area (Å²) < 4.78 is 43.8. The summed E-state index contributed by atoms with van der Waals surface area (Å²) in [5.74, 6) is 0.483. The number of benzene rings is 1. The topological polar surface area (TPSA) is 124 Å². The fraction of sp³-hybridized carbons (Fsp3) is 0.316. The zero-order valence-electron chi connectivity index (χ0n) is 16.5. The van der Waals surface area contributed by atoms with Crippen LogP contribution in [0.1, 0.15) is 12.8 Å². The van der Waals surface area contributed by atoms with Gasteiger partial charge in [-0.1, -0.05) is 16.7 Å². The molecule has 1 saturated heterocycles. The van der Waals surface area contributed by atoms with Crippen LogP contribution in [0.15, 0.2) is 39.0 Å². The van der Waals surface area contributed by atoms with Gasteiger partial charge in [-0.05, 0) is 43.2 Å². The minimum Gasteiger partial charge on any atom is -0.454 e.